The molecular weight excluding hydrogens is 284 g/mol. The van der Waals surface area contributed by atoms with Crippen LogP contribution in [-0.4, -0.2) is 17.0 Å². The Morgan fingerprint density at radius 3 is 2.65 bits per heavy atom. The summed E-state index contributed by atoms with van der Waals surface area (Å²) in [5.74, 6) is 3.00. The SMILES string of the molecule is CC(=O)[C@@H]1CC[C@H]2[C@@H]3CC=C4C[C@@H](O)CC[C@]4(C)[C@@H]3CC[C@]12C. The minimum absolute atomic E-state index is 0.117. The van der Waals surface area contributed by atoms with Crippen LogP contribution in [-0.2, 0) is 4.79 Å². The second-order valence-corrected chi connectivity index (χ2v) is 9.44. The summed E-state index contributed by atoms with van der Waals surface area (Å²) in [6, 6.07) is 0. The van der Waals surface area contributed by atoms with Crippen molar-refractivity contribution in [1.29, 1.82) is 0 Å². The molecule has 3 saturated carbocycles. The zero-order chi connectivity index (χ0) is 16.4. The number of hydrogen-bond donors (Lipinski definition) is 1. The maximum absolute atomic E-state index is 12.2. The van der Waals surface area contributed by atoms with Crippen LogP contribution < -0.4 is 0 Å². The molecule has 4 rings (SSSR count). The maximum atomic E-state index is 12.2. The van der Waals surface area contributed by atoms with E-state index in [0.717, 1.165) is 43.4 Å². The standard InChI is InChI=1S/C21H32O2/c1-13(22)17-6-7-18-16-5-4-14-12-15(23)8-10-20(14,2)19(16)9-11-21(17,18)3/h4,15-19,23H,5-12H2,1-3H3/t15-,16-,17-,18-,19+,20-,21+/m0/s1. The number of carbonyl (C=O) groups is 1. The Labute approximate surface area is 140 Å². The summed E-state index contributed by atoms with van der Waals surface area (Å²) in [5, 5.41) is 10.1. The summed E-state index contributed by atoms with van der Waals surface area (Å²) in [6.45, 7) is 6.70. The van der Waals surface area contributed by atoms with E-state index < -0.39 is 0 Å². The van der Waals surface area contributed by atoms with E-state index in [-0.39, 0.29) is 11.5 Å². The number of Topliss-reactive ketones (excluding diaryl/α,β-unsaturated/α-hetero) is 1. The molecule has 0 amide bonds. The van der Waals surface area contributed by atoms with Gasteiger partial charge in [0.05, 0.1) is 6.10 Å². The first-order valence-corrected chi connectivity index (χ1v) is 9.74. The van der Waals surface area contributed by atoms with Gasteiger partial charge in [0.2, 0.25) is 0 Å². The number of allylic oxidation sites excluding steroid dienone is 1. The number of ketones is 1. The monoisotopic (exact) mass is 316 g/mol. The van der Waals surface area contributed by atoms with Crippen molar-refractivity contribution >= 4 is 5.78 Å². The van der Waals surface area contributed by atoms with E-state index in [1.54, 1.807) is 5.57 Å². The molecule has 0 aliphatic heterocycles. The van der Waals surface area contributed by atoms with Gasteiger partial charge in [-0.25, -0.2) is 0 Å². The summed E-state index contributed by atoms with van der Waals surface area (Å²) < 4.78 is 0. The zero-order valence-corrected chi connectivity index (χ0v) is 15.0. The Bertz CT molecular complexity index is 550. The molecule has 7 atom stereocenters. The highest BCUT2D eigenvalue weighted by Crippen LogP contribution is 2.66. The van der Waals surface area contributed by atoms with E-state index in [4.69, 9.17) is 0 Å². The van der Waals surface area contributed by atoms with Crippen LogP contribution in [0.2, 0.25) is 0 Å². The lowest BCUT2D eigenvalue weighted by Gasteiger charge is -2.57. The normalized spacial score (nSPS) is 52.2. The number of aliphatic hydroxyl groups is 1. The van der Waals surface area contributed by atoms with Crippen molar-refractivity contribution in [3.05, 3.63) is 11.6 Å². The van der Waals surface area contributed by atoms with Crippen molar-refractivity contribution in [2.75, 3.05) is 0 Å². The first-order chi connectivity index (χ1) is 10.9. The molecule has 0 radical (unpaired) electrons. The Morgan fingerprint density at radius 1 is 1.13 bits per heavy atom. The molecule has 3 fully saturated rings. The Kier molecular flexibility index (Phi) is 3.58. The fourth-order valence-electron chi connectivity index (χ4n) is 7.31. The molecule has 4 aliphatic rings. The van der Waals surface area contributed by atoms with Crippen LogP contribution in [0, 0.1) is 34.5 Å². The van der Waals surface area contributed by atoms with E-state index in [0.29, 0.717) is 17.1 Å². The zero-order valence-electron chi connectivity index (χ0n) is 15.0. The second-order valence-electron chi connectivity index (χ2n) is 9.44. The number of fused-ring (bicyclic) bond motifs is 5. The Morgan fingerprint density at radius 2 is 1.91 bits per heavy atom. The van der Waals surface area contributed by atoms with Crippen molar-refractivity contribution in [3.8, 4) is 0 Å². The van der Waals surface area contributed by atoms with E-state index in [1.165, 1.54) is 25.7 Å². The predicted molar refractivity (Wildman–Crippen MR) is 91.9 cm³/mol. The predicted octanol–water partition coefficient (Wildman–Crippen LogP) is 4.52. The van der Waals surface area contributed by atoms with Gasteiger partial charge in [-0.1, -0.05) is 25.5 Å². The number of rotatable bonds is 1. The van der Waals surface area contributed by atoms with Gasteiger partial charge in [-0.3, -0.25) is 4.79 Å². The Balaban J connectivity index is 1.66. The molecule has 1 N–H and O–H groups in total. The highest BCUT2D eigenvalue weighted by Gasteiger charge is 2.59. The third kappa shape index (κ3) is 2.13. The fourth-order valence-corrected chi connectivity index (χ4v) is 7.31. The minimum Gasteiger partial charge on any atom is -0.393 e. The summed E-state index contributed by atoms with van der Waals surface area (Å²) in [6.07, 6.45) is 11.5. The molecule has 0 unspecified atom stereocenters. The minimum atomic E-state index is -0.117. The molecule has 0 heterocycles. The average Bonchev–Trinajstić information content (AvgIpc) is 2.85. The van der Waals surface area contributed by atoms with Crippen LogP contribution in [0.4, 0.5) is 0 Å². The van der Waals surface area contributed by atoms with Crippen molar-refractivity contribution in [1.82, 2.24) is 0 Å². The van der Waals surface area contributed by atoms with E-state index in [1.807, 2.05) is 6.92 Å². The molecule has 128 valence electrons. The second kappa shape index (κ2) is 5.18. The molecule has 0 aromatic heterocycles. The Hall–Kier alpha value is -0.630. The molecular formula is C21H32O2. The van der Waals surface area contributed by atoms with Crippen molar-refractivity contribution in [3.63, 3.8) is 0 Å². The van der Waals surface area contributed by atoms with E-state index in [9.17, 15) is 9.90 Å². The van der Waals surface area contributed by atoms with Crippen LogP contribution in [0.5, 0.6) is 0 Å². The highest BCUT2D eigenvalue weighted by molar-refractivity contribution is 5.79. The van der Waals surface area contributed by atoms with Crippen molar-refractivity contribution in [2.45, 2.75) is 78.2 Å². The third-order valence-electron chi connectivity index (χ3n) is 8.57. The largest absolute Gasteiger partial charge is 0.393 e. The highest BCUT2D eigenvalue weighted by atomic mass is 16.3. The first kappa shape index (κ1) is 15.9. The van der Waals surface area contributed by atoms with Gasteiger partial charge in [0, 0.05) is 5.92 Å². The van der Waals surface area contributed by atoms with Crippen LogP contribution >= 0.6 is 0 Å². The quantitative estimate of drug-likeness (QED) is 0.722. The van der Waals surface area contributed by atoms with Crippen molar-refractivity contribution in [2.24, 2.45) is 34.5 Å². The van der Waals surface area contributed by atoms with Gasteiger partial charge < -0.3 is 5.11 Å². The van der Waals surface area contributed by atoms with Gasteiger partial charge in [-0.05, 0) is 86.9 Å². The van der Waals surface area contributed by atoms with Gasteiger partial charge >= 0.3 is 0 Å². The van der Waals surface area contributed by atoms with E-state index >= 15 is 0 Å². The van der Waals surface area contributed by atoms with Gasteiger partial charge in [-0.15, -0.1) is 0 Å². The number of carbonyl (C=O) groups excluding carboxylic acids is 1. The van der Waals surface area contributed by atoms with Gasteiger partial charge in [0.1, 0.15) is 5.78 Å². The summed E-state index contributed by atoms with van der Waals surface area (Å²) in [5.41, 5.74) is 2.11. The van der Waals surface area contributed by atoms with Gasteiger partial charge in [0.25, 0.3) is 0 Å². The average molecular weight is 316 g/mol. The maximum Gasteiger partial charge on any atom is 0.133 e. The molecule has 2 heteroatoms. The topological polar surface area (TPSA) is 37.3 Å². The summed E-state index contributed by atoms with van der Waals surface area (Å²) >= 11 is 0. The molecule has 0 bridgehead atoms. The van der Waals surface area contributed by atoms with Crippen LogP contribution in [0.3, 0.4) is 0 Å². The number of aliphatic hydroxyl groups excluding tert-OH is 1. The molecule has 2 nitrogen and oxygen atoms in total. The van der Waals surface area contributed by atoms with Crippen LogP contribution in [0.25, 0.3) is 0 Å². The summed E-state index contributed by atoms with van der Waals surface area (Å²) in [4.78, 5) is 12.2. The lowest BCUT2D eigenvalue weighted by atomic mass is 9.47. The van der Waals surface area contributed by atoms with E-state index in [2.05, 4.69) is 19.9 Å². The molecule has 23 heavy (non-hydrogen) atoms. The first-order valence-electron chi connectivity index (χ1n) is 9.74. The molecule has 0 aromatic rings. The van der Waals surface area contributed by atoms with Crippen LogP contribution in [0.15, 0.2) is 11.6 Å². The lowest BCUT2D eigenvalue weighted by molar-refractivity contribution is -0.127. The third-order valence-corrected chi connectivity index (χ3v) is 8.57. The molecule has 0 saturated heterocycles. The molecule has 0 aromatic carbocycles. The molecule has 0 spiro atoms. The smallest absolute Gasteiger partial charge is 0.133 e. The summed E-state index contributed by atoms with van der Waals surface area (Å²) in [7, 11) is 0. The molecule has 4 aliphatic carbocycles. The van der Waals surface area contributed by atoms with Gasteiger partial charge in [0.15, 0.2) is 0 Å². The van der Waals surface area contributed by atoms with Gasteiger partial charge in [-0.2, -0.15) is 0 Å². The van der Waals surface area contributed by atoms with Crippen LogP contribution in [0.1, 0.15) is 72.1 Å². The lowest BCUT2D eigenvalue weighted by Crippen LogP contribution is -2.50. The fraction of sp³-hybridized carbons (Fsp3) is 0.857. The number of hydrogen-bond acceptors (Lipinski definition) is 2. The van der Waals surface area contributed by atoms with Crippen molar-refractivity contribution < 1.29 is 9.90 Å².